The van der Waals surface area contributed by atoms with Crippen molar-refractivity contribution in [1.82, 2.24) is 10.2 Å². The Balaban J connectivity index is 1.34. The minimum Gasteiger partial charge on any atom is -0.497 e. The van der Waals surface area contributed by atoms with Crippen LogP contribution in [0.25, 0.3) is 0 Å². The number of ether oxygens (including phenoxy) is 3. The Morgan fingerprint density at radius 1 is 1.09 bits per heavy atom. The van der Waals surface area contributed by atoms with Gasteiger partial charge in [-0.25, -0.2) is 4.79 Å². The lowest BCUT2D eigenvalue weighted by molar-refractivity contribution is -0.153. The van der Waals surface area contributed by atoms with Crippen LogP contribution < -0.4 is 14.8 Å². The fraction of sp³-hybridized carbons (Fsp3) is 0.292. The Hall–Kier alpha value is -3.46. The third kappa shape index (κ3) is 4.98. The summed E-state index contributed by atoms with van der Waals surface area (Å²) in [6.07, 6.45) is 0. The summed E-state index contributed by atoms with van der Waals surface area (Å²) in [5.74, 6) is 0.558. The number of nitrogens with one attached hydrogen (secondary N) is 1. The summed E-state index contributed by atoms with van der Waals surface area (Å²) in [5.41, 5.74) is 1.83. The first-order chi connectivity index (χ1) is 16.0. The maximum atomic E-state index is 12.8. The van der Waals surface area contributed by atoms with Gasteiger partial charge in [0.25, 0.3) is 11.8 Å². The molecule has 4 rings (SSSR count). The average Bonchev–Trinajstić information content (AvgIpc) is 2.85. The summed E-state index contributed by atoms with van der Waals surface area (Å²) in [5, 5.41) is 2.36. The molecule has 2 atom stereocenters. The van der Waals surface area contributed by atoms with Gasteiger partial charge in [0, 0.05) is 5.75 Å². The lowest BCUT2D eigenvalue weighted by Crippen LogP contribution is -2.70. The van der Waals surface area contributed by atoms with Crippen LogP contribution in [0.4, 0.5) is 0 Å². The molecule has 9 heteroatoms. The molecule has 0 unspecified atom stereocenters. The summed E-state index contributed by atoms with van der Waals surface area (Å²) in [6, 6.07) is 15.4. The minimum absolute atomic E-state index is 0.0798. The molecule has 8 nitrogen and oxygen atoms in total. The molecule has 2 aliphatic rings. The number of methoxy groups -OCH3 is 1. The summed E-state index contributed by atoms with van der Waals surface area (Å²) in [7, 11) is 1.58. The molecule has 0 aliphatic carbocycles. The third-order valence-electron chi connectivity index (χ3n) is 5.31. The van der Waals surface area contributed by atoms with E-state index >= 15 is 0 Å². The van der Waals surface area contributed by atoms with Gasteiger partial charge in [0.2, 0.25) is 0 Å². The monoisotopic (exact) mass is 468 g/mol. The number of esters is 1. The number of hydrogen-bond acceptors (Lipinski definition) is 7. The Morgan fingerprint density at radius 3 is 2.52 bits per heavy atom. The van der Waals surface area contributed by atoms with Crippen LogP contribution in [0.15, 0.2) is 65.9 Å². The van der Waals surface area contributed by atoms with Crippen molar-refractivity contribution in [3.63, 3.8) is 0 Å². The topological polar surface area (TPSA) is 94.2 Å². The number of benzene rings is 2. The number of carbonyl (C=O) groups is 3. The number of hydrogen-bond donors (Lipinski definition) is 1. The molecule has 2 aromatic carbocycles. The second kappa shape index (κ2) is 9.99. The summed E-state index contributed by atoms with van der Waals surface area (Å²) in [4.78, 5) is 39.3. The van der Waals surface area contributed by atoms with Gasteiger partial charge < -0.3 is 19.5 Å². The van der Waals surface area contributed by atoms with Gasteiger partial charge >= 0.3 is 5.97 Å². The van der Waals surface area contributed by atoms with Crippen LogP contribution in [0.2, 0.25) is 0 Å². The van der Waals surface area contributed by atoms with E-state index in [2.05, 4.69) is 5.32 Å². The SMILES string of the molecule is COc1ccc(COC(=O)C2=C(C)CS[C@H]3[C@H](NC(=O)COc4ccccc4)C(=O)N23)cc1. The molecule has 0 spiro atoms. The zero-order valence-corrected chi connectivity index (χ0v) is 19.1. The predicted octanol–water partition coefficient (Wildman–Crippen LogP) is 2.49. The lowest BCUT2D eigenvalue weighted by atomic mass is 10.0. The molecule has 172 valence electrons. The molecule has 0 radical (unpaired) electrons. The van der Waals surface area contributed by atoms with Crippen LogP contribution in [-0.4, -0.2) is 53.6 Å². The number of para-hydroxylation sites is 1. The summed E-state index contributed by atoms with van der Waals surface area (Å²) < 4.78 is 16.0. The van der Waals surface area contributed by atoms with Gasteiger partial charge in [-0.3, -0.25) is 14.5 Å². The van der Waals surface area contributed by atoms with Crippen molar-refractivity contribution in [2.45, 2.75) is 24.9 Å². The van der Waals surface area contributed by atoms with Gasteiger partial charge in [-0.15, -0.1) is 11.8 Å². The van der Waals surface area contributed by atoms with E-state index in [1.807, 2.05) is 30.3 Å². The van der Waals surface area contributed by atoms with Crippen molar-refractivity contribution in [3.05, 3.63) is 71.4 Å². The number of carbonyl (C=O) groups excluding carboxylic acids is 3. The minimum atomic E-state index is -0.709. The molecule has 2 aromatic rings. The second-order valence-corrected chi connectivity index (χ2v) is 8.71. The molecule has 0 aromatic heterocycles. The Kier molecular flexibility index (Phi) is 6.88. The highest BCUT2D eigenvalue weighted by molar-refractivity contribution is 8.00. The highest BCUT2D eigenvalue weighted by Gasteiger charge is 2.54. The van der Waals surface area contributed by atoms with Gasteiger partial charge in [-0.1, -0.05) is 30.3 Å². The van der Waals surface area contributed by atoms with E-state index < -0.39 is 17.9 Å². The van der Waals surface area contributed by atoms with Crippen molar-refractivity contribution >= 4 is 29.5 Å². The zero-order valence-electron chi connectivity index (χ0n) is 18.3. The maximum Gasteiger partial charge on any atom is 0.355 e. The molecule has 1 fully saturated rings. The highest BCUT2D eigenvalue weighted by atomic mass is 32.2. The normalized spacial score (nSPS) is 19.3. The molecule has 2 amide bonds. The fourth-order valence-corrected chi connectivity index (χ4v) is 4.87. The van der Waals surface area contributed by atoms with Crippen LogP contribution in [0.5, 0.6) is 11.5 Å². The Labute approximate surface area is 195 Å². The van der Waals surface area contributed by atoms with E-state index in [1.54, 1.807) is 38.3 Å². The Morgan fingerprint density at radius 2 is 1.82 bits per heavy atom. The van der Waals surface area contributed by atoms with Crippen LogP contribution >= 0.6 is 11.8 Å². The number of fused-ring (bicyclic) bond motifs is 1. The molecular weight excluding hydrogens is 444 g/mol. The zero-order chi connectivity index (χ0) is 23.4. The maximum absolute atomic E-state index is 12.8. The van der Waals surface area contributed by atoms with Gasteiger partial charge in [0.1, 0.15) is 35.2 Å². The van der Waals surface area contributed by atoms with Crippen molar-refractivity contribution < 1.29 is 28.6 Å². The molecule has 0 bridgehead atoms. The summed E-state index contributed by atoms with van der Waals surface area (Å²) >= 11 is 1.50. The van der Waals surface area contributed by atoms with Crippen LogP contribution in [0.1, 0.15) is 12.5 Å². The predicted molar refractivity (Wildman–Crippen MR) is 122 cm³/mol. The number of thioether (sulfide) groups is 1. The largest absolute Gasteiger partial charge is 0.497 e. The Bertz CT molecular complexity index is 1070. The molecule has 2 aliphatic heterocycles. The fourth-order valence-electron chi connectivity index (χ4n) is 3.58. The molecule has 1 N–H and O–H groups in total. The average molecular weight is 469 g/mol. The van der Waals surface area contributed by atoms with Gasteiger partial charge in [0.15, 0.2) is 6.61 Å². The first kappa shape index (κ1) is 22.7. The molecule has 0 saturated carbocycles. The van der Waals surface area contributed by atoms with Gasteiger partial charge in [-0.2, -0.15) is 0 Å². The first-order valence-electron chi connectivity index (χ1n) is 10.4. The van der Waals surface area contributed by atoms with Crippen LogP contribution in [-0.2, 0) is 25.7 Å². The lowest BCUT2D eigenvalue weighted by Gasteiger charge is -2.49. The number of β-lactam (4-membered cyclic amide) rings is 1. The molecule has 1 saturated heterocycles. The molecular formula is C24H24N2O6S. The van der Waals surface area contributed by atoms with E-state index in [0.29, 0.717) is 17.3 Å². The first-order valence-corrected chi connectivity index (χ1v) is 11.4. The van der Waals surface area contributed by atoms with Gasteiger partial charge in [0.05, 0.1) is 7.11 Å². The number of rotatable bonds is 8. The van der Waals surface area contributed by atoms with E-state index in [9.17, 15) is 14.4 Å². The second-order valence-electron chi connectivity index (χ2n) is 7.61. The van der Waals surface area contributed by atoms with Crippen molar-refractivity contribution in [2.75, 3.05) is 19.5 Å². The molecule has 33 heavy (non-hydrogen) atoms. The number of amides is 2. The van der Waals surface area contributed by atoms with E-state index in [-0.39, 0.29) is 30.2 Å². The van der Waals surface area contributed by atoms with Crippen molar-refractivity contribution in [2.24, 2.45) is 0 Å². The third-order valence-corrected chi connectivity index (χ3v) is 6.74. The van der Waals surface area contributed by atoms with Crippen molar-refractivity contribution in [1.29, 1.82) is 0 Å². The highest BCUT2D eigenvalue weighted by Crippen LogP contribution is 2.40. The van der Waals surface area contributed by atoms with E-state index in [4.69, 9.17) is 14.2 Å². The number of nitrogens with zero attached hydrogens (tertiary/aromatic N) is 1. The van der Waals surface area contributed by atoms with E-state index in [1.165, 1.54) is 16.7 Å². The standard InChI is InChI=1S/C24H24N2O6S/c1-15-14-33-23-20(25-19(27)13-31-18-6-4-3-5-7-18)22(28)26(23)21(15)24(29)32-12-16-8-10-17(30-2)11-9-16/h3-11,20,23H,12-14H2,1-2H3,(H,25,27)/t20-,23+/m1/s1. The van der Waals surface area contributed by atoms with Crippen molar-refractivity contribution in [3.8, 4) is 11.5 Å². The van der Waals surface area contributed by atoms with Crippen LogP contribution in [0.3, 0.4) is 0 Å². The smallest absolute Gasteiger partial charge is 0.355 e. The quantitative estimate of drug-likeness (QED) is 0.470. The molecule has 2 heterocycles. The summed E-state index contributed by atoms with van der Waals surface area (Å²) in [6.45, 7) is 1.69. The van der Waals surface area contributed by atoms with Crippen LogP contribution in [0, 0.1) is 0 Å². The van der Waals surface area contributed by atoms with E-state index in [0.717, 1.165) is 11.1 Å². The van der Waals surface area contributed by atoms with Gasteiger partial charge in [-0.05, 0) is 42.3 Å².